The van der Waals surface area contributed by atoms with Crippen LogP contribution in [0.15, 0.2) is 33.6 Å². The molecule has 0 N–H and O–H groups in total. The van der Waals surface area contributed by atoms with E-state index in [2.05, 4.69) is 10.2 Å². The van der Waals surface area contributed by atoms with Crippen molar-refractivity contribution in [3.05, 3.63) is 40.5 Å². The molecule has 0 saturated heterocycles. The molecule has 24 heavy (non-hydrogen) atoms. The highest BCUT2D eigenvalue weighted by Crippen LogP contribution is 2.35. The third-order valence-electron chi connectivity index (χ3n) is 3.83. The number of hydrogen-bond donors (Lipinski definition) is 0. The molecule has 6 nitrogen and oxygen atoms in total. The van der Waals surface area contributed by atoms with Crippen molar-refractivity contribution in [1.82, 2.24) is 14.8 Å². The summed E-state index contributed by atoms with van der Waals surface area (Å²) in [6.07, 6.45) is 0. The minimum Gasteiger partial charge on any atom is -0.415 e. The Kier molecular flexibility index (Phi) is 4.19. The van der Waals surface area contributed by atoms with E-state index in [0.29, 0.717) is 33.4 Å². The Morgan fingerprint density at radius 2 is 1.67 bits per heavy atom. The maximum Gasteiger partial charge on any atom is 0.264 e. The second-order valence-corrected chi connectivity index (χ2v) is 8.24. The van der Waals surface area contributed by atoms with E-state index in [9.17, 15) is 8.42 Å². The third-order valence-corrected chi connectivity index (χ3v) is 5.63. The van der Waals surface area contributed by atoms with Gasteiger partial charge in [-0.2, -0.15) is 0 Å². The van der Waals surface area contributed by atoms with Crippen LogP contribution in [0.2, 0.25) is 5.02 Å². The van der Waals surface area contributed by atoms with E-state index in [4.69, 9.17) is 26.7 Å². The lowest BCUT2D eigenvalue weighted by Crippen LogP contribution is -1.97. The fourth-order valence-corrected chi connectivity index (χ4v) is 4.40. The van der Waals surface area contributed by atoms with Gasteiger partial charge < -0.3 is 8.98 Å². The Hall–Kier alpha value is -1.83. The summed E-state index contributed by atoms with van der Waals surface area (Å²) in [5.41, 5.74) is 2.20. The van der Waals surface area contributed by atoms with Gasteiger partial charge in [-0.1, -0.05) is 11.6 Å². The van der Waals surface area contributed by atoms with Gasteiger partial charge in [0.2, 0.25) is 5.89 Å². The lowest BCUT2D eigenvalue weighted by Gasteiger charge is -2.01. The van der Waals surface area contributed by atoms with Gasteiger partial charge in [0.1, 0.15) is 10.6 Å². The van der Waals surface area contributed by atoms with E-state index in [1.165, 1.54) is 0 Å². The van der Waals surface area contributed by atoms with Crippen molar-refractivity contribution in [1.29, 1.82) is 0 Å². The molecule has 3 aromatic rings. The van der Waals surface area contributed by atoms with Crippen molar-refractivity contribution in [2.75, 3.05) is 0 Å². The number of aromatic nitrogens is 3. The summed E-state index contributed by atoms with van der Waals surface area (Å²) in [5, 5.41) is 8.66. The molecule has 126 valence electrons. The van der Waals surface area contributed by atoms with Crippen LogP contribution in [0.1, 0.15) is 11.3 Å². The van der Waals surface area contributed by atoms with Crippen LogP contribution in [-0.4, -0.2) is 23.2 Å². The number of hydrogen-bond acceptors (Lipinski definition) is 5. The summed E-state index contributed by atoms with van der Waals surface area (Å²) in [7, 11) is 3.38. The molecule has 2 aromatic heterocycles. The van der Waals surface area contributed by atoms with Crippen LogP contribution in [0.3, 0.4) is 0 Å². The Morgan fingerprint density at radius 3 is 2.21 bits per heavy atom. The predicted molar refractivity (Wildman–Crippen MR) is 91.7 cm³/mol. The quantitative estimate of drug-likeness (QED) is 0.637. The monoisotopic (exact) mass is 385 g/mol. The van der Waals surface area contributed by atoms with Gasteiger partial charge in [0.15, 0.2) is 0 Å². The summed E-state index contributed by atoms with van der Waals surface area (Å²) in [6, 6.07) is 6.96. The molecule has 0 aliphatic rings. The summed E-state index contributed by atoms with van der Waals surface area (Å²) < 4.78 is 31.0. The second-order valence-electron chi connectivity index (χ2n) is 5.30. The molecular weight excluding hydrogens is 373 g/mol. The van der Waals surface area contributed by atoms with Gasteiger partial charge in [-0.15, -0.1) is 10.2 Å². The highest BCUT2D eigenvalue weighted by molar-refractivity contribution is 8.13. The average molecular weight is 386 g/mol. The van der Waals surface area contributed by atoms with Crippen molar-refractivity contribution in [3.63, 3.8) is 0 Å². The lowest BCUT2D eigenvalue weighted by atomic mass is 10.2. The summed E-state index contributed by atoms with van der Waals surface area (Å²) in [6.45, 7) is 3.33. The predicted octanol–water partition coefficient (Wildman–Crippen LogP) is 3.94. The Morgan fingerprint density at radius 1 is 1.08 bits per heavy atom. The number of benzene rings is 1. The molecule has 0 aliphatic carbocycles. The van der Waals surface area contributed by atoms with Crippen molar-refractivity contribution >= 4 is 31.3 Å². The van der Waals surface area contributed by atoms with Gasteiger partial charge >= 0.3 is 0 Å². The van der Waals surface area contributed by atoms with E-state index in [-0.39, 0.29) is 10.8 Å². The van der Waals surface area contributed by atoms with Crippen LogP contribution in [0.5, 0.6) is 0 Å². The number of halogens is 2. The van der Waals surface area contributed by atoms with Crippen molar-refractivity contribution in [2.45, 2.75) is 18.7 Å². The first-order chi connectivity index (χ1) is 11.2. The van der Waals surface area contributed by atoms with E-state index >= 15 is 0 Å². The van der Waals surface area contributed by atoms with Gasteiger partial charge in [0, 0.05) is 39.6 Å². The van der Waals surface area contributed by atoms with Crippen LogP contribution in [0.25, 0.3) is 23.0 Å². The van der Waals surface area contributed by atoms with Crippen LogP contribution in [0.4, 0.5) is 0 Å². The Bertz CT molecular complexity index is 1020. The van der Waals surface area contributed by atoms with Crippen LogP contribution < -0.4 is 0 Å². The Balaban J connectivity index is 2.13. The smallest absolute Gasteiger partial charge is 0.264 e. The van der Waals surface area contributed by atoms with E-state index in [1.807, 2.05) is 0 Å². The van der Waals surface area contributed by atoms with E-state index in [1.54, 1.807) is 49.7 Å². The molecule has 0 fully saturated rings. The standard InChI is InChI=1S/C15H13Cl2N3O3S/c1-8-12(20(3)9(2)13(8)24(17,21)22)15-19-18-14(23-15)10-4-6-11(16)7-5-10/h4-7H,1-3H3. The lowest BCUT2D eigenvalue weighted by molar-refractivity contribution is 0.577. The zero-order valence-corrected chi connectivity index (χ0v) is 15.4. The van der Waals surface area contributed by atoms with Crippen LogP contribution in [0, 0.1) is 13.8 Å². The molecule has 0 spiro atoms. The zero-order chi connectivity index (χ0) is 17.6. The highest BCUT2D eigenvalue weighted by Gasteiger charge is 2.27. The molecule has 3 rings (SSSR count). The minimum atomic E-state index is -3.88. The van der Waals surface area contributed by atoms with Gasteiger partial charge in [-0.3, -0.25) is 0 Å². The molecule has 2 heterocycles. The molecule has 1 aromatic carbocycles. The first kappa shape index (κ1) is 17.0. The van der Waals surface area contributed by atoms with Crippen molar-refractivity contribution in [3.8, 4) is 23.0 Å². The van der Waals surface area contributed by atoms with Crippen molar-refractivity contribution < 1.29 is 12.8 Å². The van der Waals surface area contributed by atoms with Crippen LogP contribution in [-0.2, 0) is 16.1 Å². The molecule has 0 unspecified atom stereocenters. The summed E-state index contributed by atoms with van der Waals surface area (Å²) >= 11 is 5.87. The summed E-state index contributed by atoms with van der Waals surface area (Å²) in [5.74, 6) is 0.532. The summed E-state index contributed by atoms with van der Waals surface area (Å²) in [4.78, 5) is 0.0629. The SMILES string of the molecule is Cc1c(S(=O)(=O)Cl)c(C)n(C)c1-c1nnc(-c2ccc(Cl)cc2)o1. The fourth-order valence-electron chi connectivity index (χ4n) is 2.64. The molecule has 0 aliphatic heterocycles. The molecule has 0 amide bonds. The van der Waals surface area contributed by atoms with Gasteiger partial charge in [0.05, 0.1) is 0 Å². The topological polar surface area (TPSA) is 78.0 Å². The maximum atomic E-state index is 11.8. The molecule has 0 radical (unpaired) electrons. The van der Waals surface area contributed by atoms with Gasteiger partial charge in [-0.05, 0) is 38.1 Å². The molecule has 0 bridgehead atoms. The Labute approximate surface area is 148 Å². The molecule has 0 saturated carbocycles. The molecular formula is C15H13Cl2N3O3S. The van der Waals surface area contributed by atoms with Gasteiger partial charge in [-0.25, -0.2) is 8.42 Å². The molecule has 9 heteroatoms. The fraction of sp³-hybridized carbons (Fsp3) is 0.200. The largest absolute Gasteiger partial charge is 0.415 e. The first-order valence-corrected chi connectivity index (χ1v) is 9.59. The van der Waals surface area contributed by atoms with E-state index < -0.39 is 9.05 Å². The normalized spacial score (nSPS) is 11.9. The average Bonchev–Trinajstić information content (AvgIpc) is 3.03. The zero-order valence-electron chi connectivity index (χ0n) is 13.0. The molecule has 0 atom stereocenters. The van der Waals surface area contributed by atoms with Crippen LogP contribution >= 0.6 is 22.3 Å². The highest BCUT2D eigenvalue weighted by atomic mass is 35.7. The van der Waals surface area contributed by atoms with Crippen molar-refractivity contribution in [2.24, 2.45) is 7.05 Å². The first-order valence-electron chi connectivity index (χ1n) is 6.90. The second kappa shape index (κ2) is 5.91. The third kappa shape index (κ3) is 2.83. The maximum absolute atomic E-state index is 11.8. The van der Waals surface area contributed by atoms with E-state index in [0.717, 1.165) is 0 Å². The number of rotatable bonds is 3. The minimum absolute atomic E-state index is 0.0629. The number of nitrogens with zero attached hydrogens (tertiary/aromatic N) is 3. The van der Waals surface area contributed by atoms with Gasteiger partial charge in [0.25, 0.3) is 14.9 Å².